The number of carboxylic acids is 1. The van der Waals surface area contributed by atoms with E-state index < -0.39 is 59.5 Å². The summed E-state index contributed by atoms with van der Waals surface area (Å²) in [6.45, 7) is 10.3. The Bertz CT molecular complexity index is 1790. The van der Waals surface area contributed by atoms with Crippen LogP contribution in [0.2, 0.25) is 0 Å². The van der Waals surface area contributed by atoms with Crippen LogP contribution in [0.1, 0.15) is 93.7 Å². The van der Waals surface area contributed by atoms with Gasteiger partial charge in [-0.15, -0.1) is 0 Å². The van der Waals surface area contributed by atoms with E-state index in [1.807, 2.05) is 27.7 Å². The maximum atomic E-state index is 13.7. The monoisotopic (exact) mass is 784 g/mol. The number of benzene rings is 1. The van der Waals surface area contributed by atoms with Crippen molar-refractivity contribution < 1.29 is 55.6 Å². The first-order valence-corrected chi connectivity index (χ1v) is 17.7. The van der Waals surface area contributed by atoms with Gasteiger partial charge >= 0.3 is 24.4 Å². The van der Waals surface area contributed by atoms with Crippen molar-refractivity contribution in [2.75, 3.05) is 30.0 Å². The number of carboxylic acid groups (broad SMARTS) is 2. The number of carbonyl (C=O) groups is 2. The van der Waals surface area contributed by atoms with Crippen molar-refractivity contribution in [3.05, 3.63) is 70.4 Å². The summed E-state index contributed by atoms with van der Waals surface area (Å²) >= 11 is 0. The average Bonchev–Trinajstić information content (AvgIpc) is 3.09. The van der Waals surface area contributed by atoms with Crippen LogP contribution in [-0.2, 0) is 34.7 Å². The zero-order chi connectivity index (χ0) is 41.0. The molecule has 55 heavy (non-hydrogen) atoms. The maximum absolute atomic E-state index is 13.7. The van der Waals surface area contributed by atoms with E-state index in [-0.39, 0.29) is 73.5 Å². The van der Waals surface area contributed by atoms with E-state index in [4.69, 9.17) is 15.2 Å². The summed E-state index contributed by atoms with van der Waals surface area (Å²) in [4.78, 5) is 40.4. The Kier molecular flexibility index (Phi) is 13.3. The molecule has 0 saturated carbocycles. The third-order valence-corrected chi connectivity index (χ3v) is 9.47. The van der Waals surface area contributed by atoms with Gasteiger partial charge in [-0.3, -0.25) is 9.69 Å². The van der Waals surface area contributed by atoms with Gasteiger partial charge in [0.1, 0.15) is 11.5 Å². The quantitative estimate of drug-likeness (QED) is 0.184. The topological polar surface area (TPSA) is 164 Å². The van der Waals surface area contributed by atoms with Gasteiger partial charge in [0.2, 0.25) is 5.88 Å². The molecule has 0 bridgehead atoms. The van der Waals surface area contributed by atoms with Crippen molar-refractivity contribution in [1.29, 1.82) is 0 Å². The first kappa shape index (κ1) is 43.0. The molecule has 4 heterocycles. The van der Waals surface area contributed by atoms with Crippen LogP contribution < -0.4 is 20.3 Å². The number of methoxy groups -OCH3 is 1. The fourth-order valence-corrected chi connectivity index (χ4v) is 6.91. The lowest BCUT2D eigenvalue weighted by atomic mass is 9.80. The van der Waals surface area contributed by atoms with Crippen LogP contribution in [-0.4, -0.2) is 75.3 Å². The molecular formula is C37H46F6N6O6. The minimum atomic E-state index is -5.07. The molecule has 2 aromatic heterocycles. The molecule has 2 aliphatic rings. The predicted molar refractivity (Wildman–Crippen MR) is 190 cm³/mol. The lowest BCUT2D eigenvalue weighted by Gasteiger charge is -2.47. The lowest BCUT2D eigenvalue weighted by molar-refractivity contribution is -0.144. The molecule has 1 aromatic carbocycles. The Balaban J connectivity index is 0.000000876. The van der Waals surface area contributed by atoms with Crippen LogP contribution in [0.15, 0.2) is 36.5 Å². The Hall–Kier alpha value is -4.71. The van der Waals surface area contributed by atoms with Gasteiger partial charge in [-0.1, -0.05) is 6.92 Å². The number of hydrogen-bond acceptors (Lipinski definition) is 9. The number of aliphatic carboxylic acids is 1. The maximum Gasteiger partial charge on any atom is 0.416 e. The number of pyridine rings is 1. The normalized spacial score (nSPS) is 19.2. The van der Waals surface area contributed by atoms with E-state index in [2.05, 4.69) is 15.0 Å². The zero-order valence-corrected chi connectivity index (χ0v) is 31.3. The van der Waals surface area contributed by atoms with Gasteiger partial charge < -0.3 is 30.3 Å². The van der Waals surface area contributed by atoms with Gasteiger partial charge in [0.05, 0.1) is 71.2 Å². The SMILES string of the molecule is CC(C)OC(C)C.CCC1(N)C(c2ncc(N3CCC(C(=O)O)CC3)c(Cc3cc(C(F)(F)F)cc(C(F)(F)F)c3)n2)Cc2nc(OC)ccc2N1C(=O)O. The molecule has 0 spiro atoms. The molecule has 2 atom stereocenters. The molecule has 2 unspecified atom stereocenters. The number of piperidine rings is 1. The van der Waals surface area contributed by atoms with Crippen LogP contribution in [0, 0.1) is 5.92 Å². The Morgan fingerprint density at radius 3 is 1.98 bits per heavy atom. The van der Waals surface area contributed by atoms with E-state index in [0.29, 0.717) is 35.7 Å². The Labute approximate surface area is 314 Å². The Morgan fingerprint density at radius 2 is 1.53 bits per heavy atom. The molecule has 3 aromatic rings. The molecule has 0 aliphatic carbocycles. The Morgan fingerprint density at radius 1 is 0.945 bits per heavy atom. The summed E-state index contributed by atoms with van der Waals surface area (Å²) in [6.07, 6.45) is -9.32. The van der Waals surface area contributed by atoms with E-state index in [1.54, 1.807) is 11.8 Å². The number of fused-ring (bicyclic) bond motifs is 1. The van der Waals surface area contributed by atoms with Gasteiger partial charge in [0.15, 0.2) is 0 Å². The second-order valence-corrected chi connectivity index (χ2v) is 14.0. The third-order valence-electron chi connectivity index (χ3n) is 9.47. The highest BCUT2D eigenvalue weighted by Crippen LogP contribution is 2.44. The van der Waals surface area contributed by atoms with Crippen LogP contribution in [0.25, 0.3) is 0 Å². The molecule has 12 nitrogen and oxygen atoms in total. The summed E-state index contributed by atoms with van der Waals surface area (Å²) < 4.78 is 92.8. The van der Waals surface area contributed by atoms with Crippen LogP contribution >= 0.6 is 0 Å². The largest absolute Gasteiger partial charge is 0.481 e. The van der Waals surface area contributed by atoms with Gasteiger partial charge in [-0.2, -0.15) is 26.3 Å². The van der Waals surface area contributed by atoms with Crippen LogP contribution in [0.5, 0.6) is 5.88 Å². The molecule has 0 radical (unpaired) electrons. The first-order chi connectivity index (χ1) is 25.6. The fourth-order valence-electron chi connectivity index (χ4n) is 6.91. The molecular weight excluding hydrogens is 738 g/mol. The van der Waals surface area contributed by atoms with Crippen molar-refractivity contribution in [3.63, 3.8) is 0 Å². The molecule has 2 aliphatic heterocycles. The van der Waals surface area contributed by atoms with Crippen molar-refractivity contribution >= 4 is 23.4 Å². The number of amides is 1. The van der Waals surface area contributed by atoms with Crippen molar-refractivity contribution in [1.82, 2.24) is 15.0 Å². The number of ether oxygens (including phenoxy) is 2. The predicted octanol–water partition coefficient (Wildman–Crippen LogP) is 7.52. The van der Waals surface area contributed by atoms with E-state index >= 15 is 0 Å². The summed E-state index contributed by atoms with van der Waals surface area (Å²) in [7, 11) is 1.38. The van der Waals surface area contributed by atoms with Crippen molar-refractivity contribution in [2.45, 2.75) is 103 Å². The smallest absolute Gasteiger partial charge is 0.416 e. The summed E-state index contributed by atoms with van der Waals surface area (Å²) in [5.41, 5.74) is 2.75. The van der Waals surface area contributed by atoms with Crippen LogP contribution in [0.4, 0.5) is 42.5 Å². The van der Waals surface area contributed by atoms with Crippen molar-refractivity contribution in [3.8, 4) is 5.88 Å². The number of nitrogens with zero attached hydrogens (tertiary/aromatic N) is 5. The molecule has 302 valence electrons. The van der Waals surface area contributed by atoms with Gasteiger partial charge in [-0.25, -0.2) is 19.7 Å². The number of nitrogens with two attached hydrogens (primary N) is 1. The third kappa shape index (κ3) is 10.1. The highest BCUT2D eigenvalue weighted by atomic mass is 19.4. The number of alkyl halides is 6. The molecule has 18 heteroatoms. The van der Waals surface area contributed by atoms with Crippen molar-refractivity contribution in [2.24, 2.45) is 11.7 Å². The molecule has 5 rings (SSSR count). The highest BCUT2D eigenvalue weighted by Gasteiger charge is 2.50. The molecule has 1 amide bonds. The summed E-state index contributed by atoms with van der Waals surface area (Å²) in [6, 6.07) is 4.26. The summed E-state index contributed by atoms with van der Waals surface area (Å²) in [5, 5.41) is 19.7. The standard InChI is InChI=1S/C31H32F6N6O5.C6H14O/c1-3-29(38)20(14-22-23(43(29)28(46)47)4-5-25(40-22)48-2)26-39-15-24(42-8-6-17(7-9-42)27(44)45)21(41-26)12-16-10-18(30(32,33)34)13-19(11-16)31(35,36)37;1-5(2)7-6(3)4/h4-5,10-11,13,15,17,20H,3,6-9,12,14,38H2,1-2H3,(H,44,45)(H,46,47);5-6H,1-4H3. The summed E-state index contributed by atoms with van der Waals surface area (Å²) in [5.74, 6) is -2.36. The highest BCUT2D eigenvalue weighted by molar-refractivity contribution is 5.89. The number of hydrogen-bond donors (Lipinski definition) is 3. The van der Waals surface area contributed by atoms with Gasteiger partial charge in [-0.05, 0) is 76.8 Å². The minimum absolute atomic E-state index is 0.00284. The van der Waals surface area contributed by atoms with Gasteiger partial charge in [0.25, 0.3) is 0 Å². The number of anilines is 2. The number of halogens is 6. The fraction of sp³-hybridized carbons (Fsp3) is 0.541. The second-order valence-electron chi connectivity index (χ2n) is 14.0. The second kappa shape index (κ2) is 17.0. The van der Waals surface area contributed by atoms with Crippen LogP contribution in [0.3, 0.4) is 0 Å². The van der Waals surface area contributed by atoms with E-state index in [1.165, 1.54) is 25.4 Å². The number of rotatable bonds is 9. The minimum Gasteiger partial charge on any atom is -0.481 e. The molecule has 1 saturated heterocycles. The average molecular weight is 785 g/mol. The first-order valence-electron chi connectivity index (χ1n) is 17.7. The van der Waals surface area contributed by atoms with E-state index in [9.17, 15) is 46.1 Å². The molecule has 4 N–H and O–H groups in total. The number of aromatic nitrogens is 3. The van der Waals surface area contributed by atoms with Gasteiger partial charge in [0, 0.05) is 32.0 Å². The molecule has 1 fully saturated rings. The van der Waals surface area contributed by atoms with E-state index in [0.717, 1.165) is 4.90 Å². The zero-order valence-electron chi connectivity index (χ0n) is 31.3. The lowest BCUT2D eigenvalue weighted by Crippen LogP contribution is -2.64.